The van der Waals surface area contributed by atoms with Crippen molar-refractivity contribution in [1.29, 1.82) is 0 Å². The van der Waals surface area contributed by atoms with Gasteiger partial charge in [0.25, 0.3) is 0 Å². The standard InChI is InChI=1S/C6H11NO4/c8-2-1-6(11)7-3-5(10)4-9/h2,5,9-10H,1,3-4H2,(H,7,11). The van der Waals surface area contributed by atoms with Crippen LogP contribution < -0.4 is 5.32 Å². The number of aliphatic hydroxyl groups excluding tert-OH is 2. The van der Waals surface area contributed by atoms with Crippen LogP contribution >= 0.6 is 0 Å². The van der Waals surface area contributed by atoms with Gasteiger partial charge in [0.1, 0.15) is 6.29 Å². The molecule has 1 atom stereocenters. The van der Waals surface area contributed by atoms with Crippen LogP contribution in [0.3, 0.4) is 0 Å². The molecule has 1 unspecified atom stereocenters. The Morgan fingerprint density at radius 2 is 2.27 bits per heavy atom. The fraction of sp³-hybridized carbons (Fsp3) is 0.667. The third kappa shape index (κ3) is 5.50. The number of hydrogen-bond donors (Lipinski definition) is 3. The number of aliphatic hydroxyl groups is 2. The van der Waals surface area contributed by atoms with Gasteiger partial charge in [-0.15, -0.1) is 0 Å². The van der Waals surface area contributed by atoms with E-state index in [0.717, 1.165) is 0 Å². The topological polar surface area (TPSA) is 86.6 Å². The highest BCUT2D eigenvalue weighted by molar-refractivity contribution is 5.87. The van der Waals surface area contributed by atoms with E-state index in [4.69, 9.17) is 10.2 Å². The minimum atomic E-state index is -0.953. The Morgan fingerprint density at radius 1 is 1.64 bits per heavy atom. The van der Waals surface area contributed by atoms with E-state index in [9.17, 15) is 9.59 Å². The highest BCUT2D eigenvalue weighted by Crippen LogP contribution is 1.78. The number of carbonyl (C=O) groups is 2. The first-order valence-corrected chi connectivity index (χ1v) is 3.20. The summed E-state index contributed by atoms with van der Waals surface area (Å²) in [5.74, 6) is -0.451. The van der Waals surface area contributed by atoms with E-state index in [2.05, 4.69) is 5.32 Å². The molecule has 5 heteroatoms. The maximum absolute atomic E-state index is 10.5. The average molecular weight is 161 g/mol. The van der Waals surface area contributed by atoms with Crippen LogP contribution in [0.4, 0.5) is 0 Å². The second kappa shape index (κ2) is 5.82. The smallest absolute Gasteiger partial charge is 0.227 e. The normalized spacial score (nSPS) is 12.2. The van der Waals surface area contributed by atoms with Crippen molar-refractivity contribution < 1.29 is 19.8 Å². The Morgan fingerprint density at radius 3 is 2.73 bits per heavy atom. The summed E-state index contributed by atoms with van der Waals surface area (Å²) in [4.78, 5) is 20.3. The lowest BCUT2D eigenvalue weighted by Gasteiger charge is -2.06. The molecule has 0 aliphatic rings. The van der Waals surface area contributed by atoms with E-state index < -0.39 is 18.6 Å². The summed E-state index contributed by atoms with van der Waals surface area (Å²) in [7, 11) is 0. The third-order valence-electron chi connectivity index (χ3n) is 1.01. The lowest BCUT2D eigenvalue weighted by Crippen LogP contribution is -2.33. The molecule has 0 heterocycles. The summed E-state index contributed by atoms with van der Waals surface area (Å²) in [6.07, 6.45) is -0.690. The van der Waals surface area contributed by atoms with E-state index >= 15 is 0 Å². The Kier molecular flexibility index (Phi) is 5.32. The van der Waals surface area contributed by atoms with Crippen molar-refractivity contribution in [3.8, 4) is 0 Å². The highest BCUT2D eigenvalue weighted by Gasteiger charge is 2.03. The summed E-state index contributed by atoms with van der Waals surface area (Å²) < 4.78 is 0. The molecule has 5 nitrogen and oxygen atoms in total. The van der Waals surface area contributed by atoms with Gasteiger partial charge in [0.2, 0.25) is 5.91 Å². The molecule has 0 spiro atoms. The fourth-order valence-corrected chi connectivity index (χ4v) is 0.444. The van der Waals surface area contributed by atoms with Crippen LogP contribution in [0.15, 0.2) is 0 Å². The van der Waals surface area contributed by atoms with Gasteiger partial charge in [-0.1, -0.05) is 0 Å². The van der Waals surface area contributed by atoms with Crippen molar-refractivity contribution in [3.05, 3.63) is 0 Å². The minimum Gasteiger partial charge on any atom is -0.394 e. The maximum atomic E-state index is 10.5. The Hall–Kier alpha value is -0.940. The van der Waals surface area contributed by atoms with Gasteiger partial charge < -0.3 is 20.3 Å². The number of hydrogen-bond acceptors (Lipinski definition) is 4. The molecule has 64 valence electrons. The number of rotatable bonds is 5. The van der Waals surface area contributed by atoms with E-state index in [1.54, 1.807) is 0 Å². The van der Waals surface area contributed by atoms with Gasteiger partial charge in [0.15, 0.2) is 0 Å². The van der Waals surface area contributed by atoms with Crippen LogP contribution in [0.1, 0.15) is 6.42 Å². The van der Waals surface area contributed by atoms with Gasteiger partial charge in [-0.3, -0.25) is 4.79 Å². The van der Waals surface area contributed by atoms with Crippen LogP contribution in [0.25, 0.3) is 0 Å². The van der Waals surface area contributed by atoms with Crippen molar-refractivity contribution in [2.75, 3.05) is 13.2 Å². The van der Waals surface area contributed by atoms with Crippen molar-refractivity contribution in [1.82, 2.24) is 5.32 Å². The zero-order chi connectivity index (χ0) is 8.69. The molecular weight excluding hydrogens is 150 g/mol. The number of aldehydes is 1. The second-order valence-corrected chi connectivity index (χ2v) is 2.01. The fourth-order valence-electron chi connectivity index (χ4n) is 0.444. The number of amides is 1. The third-order valence-corrected chi connectivity index (χ3v) is 1.01. The van der Waals surface area contributed by atoms with E-state index in [-0.39, 0.29) is 13.0 Å². The molecule has 0 radical (unpaired) electrons. The molecule has 0 rings (SSSR count). The summed E-state index contributed by atoms with van der Waals surface area (Å²) >= 11 is 0. The Labute approximate surface area is 64.0 Å². The SMILES string of the molecule is O=CCC(=O)NCC(O)CO. The van der Waals surface area contributed by atoms with Crippen molar-refractivity contribution in [2.24, 2.45) is 0 Å². The number of nitrogens with one attached hydrogen (secondary N) is 1. The van der Waals surface area contributed by atoms with Crippen LogP contribution in [0.5, 0.6) is 0 Å². The first kappa shape index (κ1) is 10.1. The van der Waals surface area contributed by atoms with Gasteiger partial charge in [0.05, 0.1) is 19.1 Å². The predicted molar refractivity (Wildman–Crippen MR) is 36.8 cm³/mol. The first-order chi connectivity index (χ1) is 5.20. The lowest BCUT2D eigenvalue weighted by molar-refractivity contribution is -0.124. The molecule has 0 saturated heterocycles. The Balaban J connectivity index is 3.37. The Bertz CT molecular complexity index is 137. The van der Waals surface area contributed by atoms with Crippen LogP contribution in [-0.2, 0) is 9.59 Å². The summed E-state index contributed by atoms with van der Waals surface area (Å²) in [6.45, 7) is -0.426. The molecule has 0 aromatic rings. The maximum Gasteiger partial charge on any atom is 0.227 e. The summed E-state index contributed by atoms with van der Waals surface area (Å²) in [6, 6.07) is 0. The molecule has 0 aromatic heterocycles. The van der Waals surface area contributed by atoms with E-state index in [0.29, 0.717) is 6.29 Å². The first-order valence-electron chi connectivity index (χ1n) is 3.20. The van der Waals surface area contributed by atoms with E-state index in [1.165, 1.54) is 0 Å². The van der Waals surface area contributed by atoms with E-state index in [1.807, 2.05) is 0 Å². The van der Waals surface area contributed by atoms with Crippen LogP contribution in [0.2, 0.25) is 0 Å². The quantitative estimate of drug-likeness (QED) is 0.323. The summed E-state index contributed by atoms with van der Waals surface area (Å²) in [5.41, 5.74) is 0. The molecular formula is C6H11NO4. The second-order valence-electron chi connectivity index (χ2n) is 2.01. The van der Waals surface area contributed by atoms with Gasteiger partial charge in [0, 0.05) is 6.54 Å². The monoisotopic (exact) mass is 161 g/mol. The molecule has 0 bridgehead atoms. The van der Waals surface area contributed by atoms with Gasteiger partial charge >= 0.3 is 0 Å². The molecule has 0 aromatic carbocycles. The number of carbonyl (C=O) groups excluding carboxylic acids is 2. The molecule has 0 saturated carbocycles. The van der Waals surface area contributed by atoms with Crippen molar-refractivity contribution in [3.63, 3.8) is 0 Å². The molecule has 0 aliphatic heterocycles. The highest BCUT2D eigenvalue weighted by atomic mass is 16.3. The van der Waals surface area contributed by atoms with Crippen molar-refractivity contribution >= 4 is 12.2 Å². The van der Waals surface area contributed by atoms with Gasteiger partial charge in [-0.05, 0) is 0 Å². The summed E-state index contributed by atoms with van der Waals surface area (Å²) in [5, 5.41) is 19.3. The minimum absolute atomic E-state index is 0.0246. The zero-order valence-corrected chi connectivity index (χ0v) is 5.99. The molecule has 0 aliphatic carbocycles. The van der Waals surface area contributed by atoms with Crippen LogP contribution in [0, 0.1) is 0 Å². The molecule has 0 fully saturated rings. The largest absolute Gasteiger partial charge is 0.394 e. The van der Waals surface area contributed by atoms with Gasteiger partial charge in [-0.25, -0.2) is 0 Å². The van der Waals surface area contributed by atoms with Gasteiger partial charge in [-0.2, -0.15) is 0 Å². The molecule has 1 amide bonds. The lowest BCUT2D eigenvalue weighted by atomic mass is 10.3. The van der Waals surface area contributed by atoms with Crippen molar-refractivity contribution in [2.45, 2.75) is 12.5 Å². The zero-order valence-electron chi connectivity index (χ0n) is 5.99. The average Bonchev–Trinajstić information content (AvgIpc) is 2.01. The van der Waals surface area contributed by atoms with Crippen LogP contribution in [-0.4, -0.2) is 41.7 Å². The molecule has 3 N–H and O–H groups in total. The molecule has 11 heavy (non-hydrogen) atoms. The predicted octanol–water partition coefficient (Wildman–Crippen LogP) is -1.96.